The van der Waals surface area contributed by atoms with Gasteiger partial charge in [-0.15, -0.1) is 0 Å². The molecule has 0 spiro atoms. The molecule has 4 heterocycles. The molecule has 2 aromatic rings. The minimum atomic E-state index is -0.251. The fraction of sp³-hybridized carbons (Fsp3) is 0.476. The van der Waals surface area contributed by atoms with Crippen molar-refractivity contribution in [3.8, 4) is 0 Å². The summed E-state index contributed by atoms with van der Waals surface area (Å²) in [5.74, 6) is -0.251. The molecule has 2 aliphatic heterocycles. The van der Waals surface area contributed by atoms with Gasteiger partial charge in [0.05, 0.1) is 18.4 Å². The van der Waals surface area contributed by atoms with Crippen molar-refractivity contribution in [2.24, 2.45) is 0 Å². The molecule has 9 heteroatoms. The maximum atomic E-state index is 11.9. The molecule has 0 radical (unpaired) electrons. The Bertz CT molecular complexity index is 1000. The molecule has 0 unspecified atom stereocenters. The molecule has 1 amide bonds. The molecule has 0 aliphatic carbocycles. The Hall–Kier alpha value is -2.42. The van der Waals surface area contributed by atoms with Gasteiger partial charge in [-0.1, -0.05) is 11.6 Å². The van der Waals surface area contributed by atoms with Crippen LogP contribution in [0.5, 0.6) is 0 Å². The van der Waals surface area contributed by atoms with Crippen LogP contribution in [-0.2, 0) is 17.8 Å². The molecular weight excluding hydrogens is 406 g/mol. The molecule has 160 valence electrons. The third kappa shape index (κ3) is 4.35. The number of hydrogen-bond acceptors (Lipinski definition) is 6. The summed E-state index contributed by atoms with van der Waals surface area (Å²) in [6.45, 7) is 6.58. The van der Waals surface area contributed by atoms with Crippen LogP contribution in [0.15, 0.2) is 23.0 Å². The normalized spacial score (nSPS) is 19.4. The smallest absolute Gasteiger partial charge is 0.269 e. The summed E-state index contributed by atoms with van der Waals surface area (Å²) >= 11 is 6.33. The zero-order chi connectivity index (χ0) is 21.3. The van der Waals surface area contributed by atoms with Crippen LogP contribution in [-0.4, -0.2) is 66.7 Å². The quantitative estimate of drug-likeness (QED) is 0.710. The fourth-order valence-electron chi connectivity index (χ4n) is 4.03. The first-order valence-electron chi connectivity index (χ1n) is 10.1. The minimum Gasteiger partial charge on any atom is -0.372 e. The number of carbonyl (C=O) groups excluding carboxylic acids is 1. The van der Waals surface area contributed by atoms with E-state index in [2.05, 4.69) is 25.1 Å². The van der Waals surface area contributed by atoms with Gasteiger partial charge in [0, 0.05) is 57.4 Å². The number of anilines is 1. The van der Waals surface area contributed by atoms with Gasteiger partial charge in [-0.25, -0.2) is 4.98 Å². The molecule has 0 bridgehead atoms. The first kappa shape index (κ1) is 20.8. The van der Waals surface area contributed by atoms with Crippen molar-refractivity contribution in [3.63, 3.8) is 0 Å². The van der Waals surface area contributed by atoms with Crippen molar-refractivity contribution in [2.75, 3.05) is 44.7 Å². The molecule has 2 N–H and O–H groups in total. The Labute approximate surface area is 180 Å². The second-order valence-electron chi connectivity index (χ2n) is 7.80. The van der Waals surface area contributed by atoms with Crippen LogP contribution in [0.4, 0.5) is 5.69 Å². The summed E-state index contributed by atoms with van der Waals surface area (Å²) in [6.07, 6.45) is 0.793. The van der Waals surface area contributed by atoms with Crippen LogP contribution >= 0.6 is 11.6 Å². The summed E-state index contributed by atoms with van der Waals surface area (Å²) in [5, 5.41) is 2.90. The number of H-pyrrole nitrogens is 1. The lowest BCUT2D eigenvalue weighted by molar-refractivity contribution is 0.00274. The van der Waals surface area contributed by atoms with Gasteiger partial charge in [0.1, 0.15) is 5.69 Å². The topological polar surface area (TPSA) is 90.6 Å². The number of rotatable bonds is 4. The zero-order valence-electron chi connectivity index (χ0n) is 17.2. The van der Waals surface area contributed by atoms with Crippen molar-refractivity contribution >= 4 is 23.2 Å². The number of aryl methyl sites for hydroxylation is 1. The van der Waals surface area contributed by atoms with Gasteiger partial charge in [0.15, 0.2) is 5.15 Å². The van der Waals surface area contributed by atoms with Gasteiger partial charge in [-0.05, 0) is 30.7 Å². The molecular formula is C21H26ClN5O3. The van der Waals surface area contributed by atoms with E-state index in [-0.39, 0.29) is 17.6 Å². The van der Waals surface area contributed by atoms with Crippen molar-refractivity contribution < 1.29 is 9.53 Å². The molecule has 0 saturated carbocycles. The largest absolute Gasteiger partial charge is 0.372 e. The summed E-state index contributed by atoms with van der Waals surface area (Å²) < 4.78 is 6.03. The molecule has 1 fully saturated rings. The highest BCUT2D eigenvalue weighted by Crippen LogP contribution is 2.26. The Morgan fingerprint density at radius 2 is 2.10 bits per heavy atom. The number of halogens is 1. The van der Waals surface area contributed by atoms with Crippen LogP contribution in [0.2, 0.25) is 5.15 Å². The zero-order valence-corrected chi connectivity index (χ0v) is 18.0. The van der Waals surface area contributed by atoms with Gasteiger partial charge in [0.25, 0.3) is 11.5 Å². The van der Waals surface area contributed by atoms with Gasteiger partial charge in [-0.2, -0.15) is 0 Å². The highest BCUT2D eigenvalue weighted by Gasteiger charge is 2.26. The monoisotopic (exact) mass is 431 g/mol. The molecule has 8 nitrogen and oxygen atoms in total. The molecule has 30 heavy (non-hydrogen) atoms. The maximum Gasteiger partial charge on any atom is 0.269 e. The maximum absolute atomic E-state index is 11.9. The average Bonchev–Trinajstić information content (AvgIpc) is 2.75. The van der Waals surface area contributed by atoms with E-state index < -0.39 is 0 Å². The van der Waals surface area contributed by atoms with E-state index in [1.807, 2.05) is 19.1 Å². The first-order valence-corrected chi connectivity index (χ1v) is 10.5. The summed E-state index contributed by atoms with van der Waals surface area (Å²) in [6, 6.07) is 5.48. The number of hydrogen-bond donors (Lipinski definition) is 2. The number of piperazine rings is 1. The number of aromatic nitrogens is 2. The van der Waals surface area contributed by atoms with Crippen LogP contribution in [0.3, 0.4) is 0 Å². The van der Waals surface area contributed by atoms with Gasteiger partial charge in [-0.3, -0.25) is 14.5 Å². The van der Waals surface area contributed by atoms with E-state index >= 15 is 0 Å². The first-order chi connectivity index (χ1) is 14.4. The Morgan fingerprint density at radius 1 is 1.33 bits per heavy atom. The molecule has 1 saturated heterocycles. The molecule has 2 aromatic heterocycles. The van der Waals surface area contributed by atoms with Crippen LogP contribution < -0.4 is 15.8 Å². The lowest BCUT2D eigenvalue weighted by Crippen LogP contribution is -2.49. The average molecular weight is 432 g/mol. The summed E-state index contributed by atoms with van der Waals surface area (Å²) in [4.78, 5) is 35.4. The number of fused-ring (bicyclic) bond motifs is 1. The number of amides is 1. The van der Waals surface area contributed by atoms with E-state index in [0.717, 1.165) is 61.7 Å². The molecule has 4 rings (SSSR count). The van der Waals surface area contributed by atoms with Crippen molar-refractivity contribution in [3.05, 3.63) is 56.2 Å². The van der Waals surface area contributed by atoms with Gasteiger partial charge >= 0.3 is 0 Å². The predicted molar refractivity (Wildman–Crippen MR) is 115 cm³/mol. The van der Waals surface area contributed by atoms with Gasteiger partial charge in [0.2, 0.25) is 0 Å². The Kier molecular flexibility index (Phi) is 6.08. The van der Waals surface area contributed by atoms with E-state index in [1.54, 1.807) is 13.1 Å². The highest BCUT2D eigenvalue weighted by atomic mass is 35.5. The number of pyridine rings is 2. The molecule has 1 atom stereocenters. The summed E-state index contributed by atoms with van der Waals surface area (Å²) in [7, 11) is 1.57. The second kappa shape index (κ2) is 8.75. The lowest BCUT2D eigenvalue weighted by Gasteiger charge is -2.38. The number of nitrogens with zero attached hydrogens (tertiary/aromatic N) is 3. The molecule has 0 aromatic carbocycles. The minimum absolute atomic E-state index is 0.0176. The third-order valence-electron chi connectivity index (χ3n) is 5.77. The Morgan fingerprint density at radius 3 is 2.80 bits per heavy atom. The van der Waals surface area contributed by atoms with E-state index in [9.17, 15) is 9.59 Å². The summed E-state index contributed by atoms with van der Waals surface area (Å²) in [5.41, 5.74) is 3.94. The van der Waals surface area contributed by atoms with Crippen LogP contribution in [0, 0.1) is 6.92 Å². The predicted octanol–water partition coefficient (Wildman–Crippen LogP) is 1.35. The SMILES string of the molecule is CNC(=O)c1ccc(N2CCN(C[C@@H]3Cc4[nH]c(=O)c(C)cc4CO3)CC2)c(Cl)n1. The van der Waals surface area contributed by atoms with Crippen molar-refractivity contribution in [1.29, 1.82) is 0 Å². The number of ether oxygens (including phenoxy) is 1. The van der Waals surface area contributed by atoms with Crippen LogP contribution in [0.25, 0.3) is 0 Å². The number of nitrogens with one attached hydrogen (secondary N) is 2. The number of carbonyl (C=O) groups is 1. The van der Waals surface area contributed by atoms with E-state index in [4.69, 9.17) is 16.3 Å². The van der Waals surface area contributed by atoms with Crippen molar-refractivity contribution in [2.45, 2.75) is 26.1 Å². The highest BCUT2D eigenvalue weighted by molar-refractivity contribution is 6.32. The third-order valence-corrected chi connectivity index (χ3v) is 6.05. The van der Waals surface area contributed by atoms with Crippen molar-refractivity contribution in [1.82, 2.24) is 20.2 Å². The lowest BCUT2D eigenvalue weighted by atomic mass is 10.0. The molecule has 2 aliphatic rings. The van der Waals surface area contributed by atoms with Crippen LogP contribution in [0.1, 0.15) is 27.3 Å². The standard InChI is InChI=1S/C21H26ClN5O3/c1-13-9-14-12-30-15(10-17(14)25-20(13)28)11-26-5-7-27(8-6-26)18-4-3-16(21(29)23-2)24-19(18)22/h3-4,9,15H,5-8,10-12H2,1-2H3,(H,23,29)(H,25,28)/t15-/m0/s1. The number of aromatic amines is 1. The second-order valence-corrected chi connectivity index (χ2v) is 8.15. The van der Waals surface area contributed by atoms with Gasteiger partial charge < -0.3 is 19.9 Å². The fourth-order valence-corrected chi connectivity index (χ4v) is 4.30. The Balaban J connectivity index is 1.33. The van der Waals surface area contributed by atoms with E-state index in [0.29, 0.717) is 17.5 Å². The van der Waals surface area contributed by atoms with E-state index in [1.165, 1.54) is 0 Å².